The van der Waals surface area contributed by atoms with Gasteiger partial charge in [-0.3, -0.25) is 9.89 Å². The molecule has 0 bridgehead atoms. The highest BCUT2D eigenvalue weighted by Crippen LogP contribution is 2.29. The van der Waals surface area contributed by atoms with Crippen LogP contribution < -0.4 is 5.32 Å². The van der Waals surface area contributed by atoms with E-state index in [0.717, 1.165) is 29.5 Å². The average molecular weight is 381 g/mol. The maximum Gasteiger partial charge on any atom is 0.290 e. The van der Waals surface area contributed by atoms with Crippen LogP contribution in [0.4, 0.5) is 13.2 Å². The van der Waals surface area contributed by atoms with Crippen molar-refractivity contribution >= 4 is 17.2 Å². The molecule has 0 spiro atoms. The van der Waals surface area contributed by atoms with E-state index in [2.05, 4.69) is 25.5 Å². The Bertz CT molecular complexity index is 911. The molecule has 0 saturated heterocycles. The second kappa shape index (κ2) is 7.24. The van der Waals surface area contributed by atoms with E-state index in [4.69, 9.17) is 0 Å². The first-order chi connectivity index (χ1) is 12.4. The summed E-state index contributed by atoms with van der Waals surface area (Å²) in [5, 5.41) is 9.01. The molecule has 0 aliphatic rings. The lowest BCUT2D eigenvalue weighted by atomic mass is 10.1. The number of H-pyrrole nitrogens is 1. The zero-order valence-corrected chi connectivity index (χ0v) is 14.4. The van der Waals surface area contributed by atoms with Gasteiger partial charge >= 0.3 is 0 Å². The Morgan fingerprint density at radius 1 is 1.38 bits per heavy atom. The molecular weight excluding hydrogens is 367 g/mol. The van der Waals surface area contributed by atoms with Crippen LogP contribution in [0.25, 0.3) is 10.8 Å². The van der Waals surface area contributed by atoms with Crippen LogP contribution in [0.3, 0.4) is 0 Å². The maximum absolute atomic E-state index is 14.2. The highest BCUT2D eigenvalue weighted by Gasteiger charge is 2.33. The smallest absolute Gasteiger partial charge is 0.290 e. The SMILES string of the molecule is CCc1nc(-c2ncn[nH]2)sc1C(=O)NCC(F)(F)c1cccc(F)c1. The Balaban J connectivity index is 1.76. The molecule has 26 heavy (non-hydrogen) atoms. The molecule has 10 heteroatoms. The molecule has 136 valence electrons. The standard InChI is InChI=1S/C16H14F3N5OS/c1-2-11-12(26-15(23-11)13-21-8-22-24-13)14(25)20-7-16(18,19)9-4-3-5-10(17)6-9/h3-6,8H,2,7H2,1H3,(H,20,25)(H,21,22,24). The van der Waals surface area contributed by atoms with Crippen LogP contribution in [0, 0.1) is 5.82 Å². The summed E-state index contributed by atoms with van der Waals surface area (Å²) in [6.07, 6.45) is 1.76. The van der Waals surface area contributed by atoms with Crippen molar-refractivity contribution < 1.29 is 18.0 Å². The van der Waals surface area contributed by atoms with E-state index in [1.165, 1.54) is 12.4 Å². The number of rotatable bonds is 6. The molecule has 0 radical (unpaired) electrons. The van der Waals surface area contributed by atoms with Crippen LogP contribution in [0.15, 0.2) is 30.6 Å². The van der Waals surface area contributed by atoms with E-state index in [1.807, 2.05) is 0 Å². The number of hydrogen-bond acceptors (Lipinski definition) is 5. The van der Waals surface area contributed by atoms with E-state index in [9.17, 15) is 18.0 Å². The Morgan fingerprint density at radius 2 is 2.19 bits per heavy atom. The zero-order chi connectivity index (χ0) is 18.7. The number of aromatic amines is 1. The van der Waals surface area contributed by atoms with Gasteiger partial charge in [-0.2, -0.15) is 13.9 Å². The minimum absolute atomic E-state index is 0.231. The van der Waals surface area contributed by atoms with E-state index < -0.39 is 29.8 Å². The Kier molecular flexibility index (Phi) is 5.03. The molecule has 0 atom stereocenters. The molecule has 2 heterocycles. The van der Waals surface area contributed by atoms with Gasteiger partial charge in [-0.15, -0.1) is 11.3 Å². The second-order valence-corrected chi connectivity index (χ2v) is 6.38. The van der Waals surface area contributed by atoms with Crippen LogP contribution in [0.1, 0.15) is 27.9 Å². The van der Waals surface area contributed by atoms with Crippen molar-refractivity contribution in [3.05, 3.63) is 52.5 Å². The fraction of sp³-hybridized carbons (Fsp3) is 0.250. The van der Waals surface area contributed by atoms with Gasteiger partial charge in [-0.25, -0.2) is 14.4 Å². The van der Waals surface area contributed by atoms with Gasteiger partial charge in [-0.05, 0) is 18.6 Å². The van der Waals surface area contributed by atoms with E-state index >= 15 is 0 Å². The molecule has 0 saturated carbocycles. The van der Waals surface area contributed by atoms with Crippen molar-refractivity contribution in [1.82, 2.24) is 25.5 Å². The second-order valence-electron chi connectivity index (χ2n) is 5.38. The number of aromatic nitrogens is 4. The highest BCUT2D eigenvalue weighted by atomic mass is 32.1. The number of thiazole rings is 1. The van der Waals surface area contributed by atoms with Gasteiger partial charge in [0, 0.05) is 5.56 Å². The maximum atomic E-state index is 14.2. The van der Waals surface area contributed by atoms with Crippen LogP contribution in [0.2, 0.25) is 0 Å². The molecule has 2 N–H and O–H groups in total. The quantitative estimate of drug-likeness (QED) is 0.687. The third kappa shape index (κ3) is 3.74. The summed E-state index contributed by atoms with van der Waals surface area (Å²) in [5.74, 6) is -4.43. The fourth-order valence-electron chi connectivity index (χ4n) is 2.27. The molecule has 1 amide bonds. The number of halogens is 3. The fourth-order valence-corrected chi connectivity index (χ4v) is 3.29. The van der Waals surface area contributed by atoms with Gasteiger partial charge in [0.1, 0.15) is 17.0 Å². The normalized spacial score (nSPS) is 11.5. The van der Waals surface area contributed by atoms with Crippen molar-refractivity contribution in [2.75, 3.05) is 6.54 Å². The van der Waals surface area contributed by atoms with Gasteiger partial charge < -0.3 is 5.32 Å². The largest absolute Gasteiger partial charge is 0.345 e. The molecule has 3 aromatic rings. The van der Waals surface area contributed by atoms with Crippen LogP contribution >= 0.6 is 11.3 Å². The number of amides is 1. The minimum atomic E-state index is -3.40. The number of alkyl halides is 2. The highest BCUT2D eigenvalue weighted by molar-refractivity contribution is 7.17. The summed E-state index contributed by atoms with van der Waals surface area (Å²) in [6.45, 7) is 0.853. The Labute approximate surface area is 150 Å². The van der Waals surface area contributed by atoms with Crippen molar-refractivity contribution in [3.8, 4) is 10.8 Å². The summed E-state index contributed by atoms with van der Waals surface area (Å²) >= 11 is 1.04. The zero-order valence-electron chi connectivity index (χ0n) is 13.6. The number of hydrogen-bond donors (Lipinski definition) is 2. The van der Waals surface area contributed by atoms with Crippen LogP contribution in [-0.2, 0) is 12.3 Å². The summed E-state index contributed by atoms with van der Waals surface area (Å²) in [7, 11) is 0. The van der Waals surface area contributed by atoms with E-state index in [-0.39, 0.29) is 4.88 Å². The first-order valence-electron chi connectivity index (χ1n) is 7.68. The lowest BCUT2D eigenvalue weighted by Crippen LogP contribution is -2.35. The minimum Gasteiger partial charge on any atom is -0.345 e. The topological polar surface area (TPSA) is 83.6 Å². The van der Waals surface area contributed by atoms with Gasteiger partial charge in [0.05, 0.1) is 12.2 Å². The Morgan fingerprint density at radius 3 is 2.85 bits per heavy atom. The molecular formula is C16H14F3N5OS. The van der Waals surface area contributed by atoms with E-state index in [0.29, 0.717) is 22.9 Å². The van der Waals surface area contributed by atoms with E-state index in [1.54, 1.807) is 6.92 Å². The molecule has 1 aromatic carbocycles. The van der Waals surface area contributed by atoms with Gasteiger partial charge in [0.25, 0.3) is 11.8 Å². The van der Waals surface area contributed by atoms with Crippen molar-refractivity contribution in [3.63, 3.8) is 0 Å². The van der Waals surface area contributed by atoms with Gasteiger partial charge in [0.2, 0.25) is 0 Å². The predicted molar refractivity (Wildman–Crippen MR) is 89.5 cm³/mol. The summed E-state index contributed by atoms with van der Waals surface area (Å²) < 4.78 is 41.6. The molecule has 0 unspecified atom stereocenters. The first-order valence-corrected chi connectivity index (χ1v) is 8.50. The predicted octanol–water partition coefficient (Wildman–Crippen LogP) is 3.15. The monoisotopic (exact) mass is 381 g/mol. The number of benzene rings is 1. The lowest BCUT2D eigenvalue weighted by molar-refractivity contribution is -0.00272. The number of carbonyl (C=O) groups is 1. The molecule has 3 rings (SSSR count). The molecule has 0 aliphatic carbocycles. The van der Waals surface area contributed by atoms with Crippen molar-refractivity contribution in [2.45, 2.75) is 19.3 Å². The average Bonchev–Trinajstić information content (AvgIpc) is 3.28. The third-order valence-electron chi connectivity index (χ3n) is 3.57. The summed E-state index contributed by atoms with van der Waals surface area (Å²) in [5.41, 5.74) is -0.0202. The van der Waals surface area contributed by atoms with Crippen molar-refractivity contribution in [2.24, 2.45) is 0 Å². The van der Waals surface area contributed by atoms with Gasteiger partial charge in [-0.1, -0.05) is 19.1 Å². The number of carbonyl (C=O) groups excluding carboxylic acids is 1. The third-order valence-corrected chi connectivity index (χ3v) is 4.68. The number of aryl methyl sites for hydroxylation is 1. The molecule has 6 nitrogen and oxygen atoms in total. The Hall–Kier alpha value is -2.75. The molecule has 0 aliphatic heterocycles. The van der Waals surface area contributed by atoms with Crippen LogP contribution in [0.5, 0.6) is 0 Å². The van der Waals surface area contributed by atoms with Gasteiger partial charge in [0.15, 0.2) is 10.8 Å². The molecule has 2 aromatic heterocycles. The summed E-state index contributed by atoms with van der Waals surface area (Å²) in [6, 6.07) is 4.14. The van der Waals surface area contributed by atoms with Crippen LogP contribution in [-0.4, -0.2) is 32.6 Å². The van der Waals surface area contributed by atoms with Crippen molar-refractivity contribution in [1.29, 1.82) is 0 Å². The lowest BCUT2D eigenvalue weighted by Gasteiger charge is -2.17. The number of nitrogens with zero attached hydrogens (tertiary/aromatic N) is 3. The number of nitrogens with one attached hydrogen (secondary N) is 2. The first kappa shape index (κ1) is 18.1. The summed E-state index contributed by atoms with van der Waals surface area (Å²) in [4.78, 5) is 20.8. The molecule has 0 fully saturated rings.